The van der Waals surface area contributed by atoms with Crippen LogP contribution in [0.4, 0.5) is 0 Å². The molecule has 0 aromatic carbocycles. The second-order valence-electron chi connectivity index (χ2n) is 25.7. The first-order valence-corrected chi connectivity index (χ1v) is 37.1. The Morgan fingerprint density at radius 1 is 0.448 bits per heavy atom. The summed E-state index contributed by atoms with van der Waals surface area (Å²) in [5.74, 6) is -1.20. The number of hydrogen-bond acceptors (Lipinski definition) is 10. The summed E-state index contributed by atoms with van der Waals surface area (Å²) in [4.78, 5) is 26.7. The Labute approximate surface area is 535 Å². The summed E-state index contributed by atoms with van der Waals surface area (Å²) in [6.45, 7) is 5.80. The van der Waals surface area contributed by atoms with Crippen LogP contribution in [0.15, 0.2) is 60.8 Å². The van der Waals surface area contributed by atoms with Gasteiger partial charge in [0.15, 0.2) is 12.4 Å². The van der Waals surface area contributed by atoms with Crippen LogP contribution in [0.5, 0.6) is 0 Å². The van der Waals surface area contributed by atoms with Gasteiger partial charge in [0.05, 0.1) is 25.4 Å². The molecule has 8 unspecified atom stereocenters. The molecule has 1 fully saturated rings. The fourth-order valence-electron chi connectivity index (χ4n) is 11.6. The van der Waals surface area contributed by atoms with Crippen molar-refractivity contribution in [1.29, 1.82) is 0 Å². The highest BCUT2D eigenvalue weighted by molar-refractivity contribution is 5.80. The molecule has 1 amide bonds. The van der Waals surface area contributed by atoms with Crippen LogP contribution in [0.3, 0.4) is 0 Å². The molecule has 1 saturated heterocycles. The van der Waals surface area contributed by atoms with Crippen LogP contribution >= 0.6 is 0 Å². The highest BCUT2D eigenvalue weighted by Gasteiger charge is 2.47. The van der Waals surface area contributed by atoms with Crippen molar-refractivity contribution in [3.8, 4) is 0 Å². The quantitative estimate of drug-likeness (QED) is 0.0195. The van der Waals surface area contributed by atoms with Crippen molar-refractivity contribution < 1.29 is 49.3 Å². The topological polar surface area (TPSA) is 175 Å². The van der Waals surface area contributed by atoms with Gasteiger partial charge < -0.3 is 45.1 Å². The van der Waals surface area contributed by atoms with E-state index in [2.05, 4.69) is 74.7 Å². The highest BCUT2D eigenvalue weighted by atomic mass is 16.7. The average molecular weight is 1230 g/mol. The van der Waals surface area contributed by atoms with Crippen molar-refractivity contribution in [1.82, 2.24) is 5.32 Å². The van der Waals surface area contributed by atoms with Gasteiger partial charge in [0, 0.05) is 6.42 Å². The summed E-state index contributed by atoms with van der Waals surface area (Å²) in [5, 5.41) is 57.3. The summed E-state index contributed by atoms with van der Waals surface area (Å²) >= 11 is 0. The molecule has 1 heterocycles. The van der Waals surface area contributed by atoms with E-state index in [-0.39, 0.29) is 19.4 Å². The average Bonchev–Trinajstić information content (AvgIpc) is 1.52. The lowest BCUT2D eigenvalue weighted by Gasteiger charge is -2.41. The maximum atomic E-state index is 13.5. The van der Waals surface area contributed by atoms with E-state index in [0.29, 0.717) is 12.8 Å². The number of rotatable bonds is 64. The Bertz CT molecular complexity index is 1650. The van der Waals surface area contributed by atoms with Crippen molar-refractivity contribution in [2.45, 2.75) is 397 Å². The molecular formula is C76H139NO10. The van der Waals surface area contributed by atoms with Crippen molar-refractivity contribution in [3.05, 3.63) is 60.8 Å². The number of unbranched alkanes of at least 4 members (excludes halogenated alkanes) is 42. The molecular weight excluding hydrogens is 1090 g/mol. The van der Waals surface area contributed by atoms with Crippen molar-refractivity contribution in [2.24, 2.45) is 0 Å². The largest absolute Gasteiger partial charge is 0.454 e. The van der Waals surface area contributed by atoms with Crippen LogP contribution in [0.25, 0.3) is 0 Å². The van der Waals surface area contributed by atoms with Crippen molar-refractivity contribution >= 4 is 11.9 Å². The first-order valence-electron chi connectivity index (χ1n) is 37.1. The number of esters is 1. The van der Waals surface area contributed by atoms with Gasteiger partial charge in [-0.15, -0.1) is 0 Å². The lowest BCUT2D eigenvalue weighted by atomic mass is 9.99. The first kappa shape index (κ1) is 82.4. The zero-order chi connectivity index (χ0) is 63.1. The zero-order valence-corrected chi connectivity index (χ0v) is 56.6. The third-order valence-electron chi connectivity index (χ3n) is 17.4. The first-order chi connectivity index (χ1) is 42.7. The number of aliphatic hydroxyl groups excluding tert-OH is 5. The Morgan fingerprint density at radius 2 is 0.793 bits per heavy atom. The number of carbonyl (C=O) groups excluding carboxylic acids is 2. The molecule has 0 saturated carbocycles. The van der Waals surface area contributed by atoms with Gasteiger partial charge in [-0.2, -0.15) is 0 Å². The Hall–Kier alpha value is -2.64. The third kappa shape index (κ3) is 50.7. The summed E-state index contributed by atoms with van der Waals surface area (Å²) in [7, 11) is 0. The van der Waals surface area contributed by atoms with Crippen LogP contribution in [-0.4, -0.2) is 99.6 Å². The lowest BCUT2D eigenvalue weighted by molar-refractivity contribution is -0.305. The van der Waals surface area contributed by atoms with Crippen LogP contribution in [0.1, 0.15) is 348 Å². The molecule has 11 heteroatoms. The van der Waals surface area contributed by atoms with Gasteiger partial charge >= 0.3 is 5.97 Å². The van der Waals surface area contributed by atoms with Gasteiger partial charge in [0.1, 0.15) is 24.4 Å². The molecule has 11 nitrogen and oxygen atoms in total. The molecule has 1 aliphatic rings. The number of allylic oxidation sites excluding steroid dienone is 9. The molecule has 0 bridgehead atoms. The fourth-order valence-corrected chi connectivity index (χ4v) is 11.6. The lowest BCUT2D eigenvalue weighted by Crippen LogP contribution is -2.61. The summed E-state index contributed by atoms with van der Waals surface area (Å²) in [6, 6.07) is -1.04. The number of nitrogens with one attached hydrogen (secondary N) is 1. The summed E-state index contributed by atoms with van der Waals surface area (Å²) in [5.41, 5.74) is 0. The van der Waals surface area contributed by atoms with E-state index < -0.39 is 67.4 Å². The number of ether oxygens (including phenoxy) is 3. The smallest absolute Gasteiger partial charge is 0.306 e. The fraction of sp³-hybridized carbons (Fsp3) is 0.842. The second kappa shape index (κ2) is 63.5. The van der Waals surface area contributed by atoms with E-state index >= 15 is 0 Å². The van der Waals surface area contributed by atoms with Crippen LogP contribution in [0.2, 0.25) is 0 Å². The van der Waals surface area contributed by atoms with Gasteiger partial charge in [-0.25, -0.2) is 0 Å². The highest BCUT2D eigenvalue weighted by Crippen LogP contribution is 2.26. The predicted octanol–water partition coefficient (Wildman–Crippen LogP) is 19.3. The van der Waals surface area contributed by atoms with Gasteiger partial charge in [-0.1, -0.05) is 332 Å². The predicted molar refractivity (Wildman–Crippen MR) is 366 cm³/mol. The minimum Gasteiger partial charge on any atom is -0.454 e. The molecule has 6 N–H and O–H groups in total. The number of amides is 1. The maximum absolute atomic E-state index is 13.5. The second-order valence-corrected chi connectivity index (χ2v) is 25.7. The normalized spacial score (nSPS) is 18.6. The minimum atomic E-state index is -1.62. The molecule has 1 rings (SSSR count). The van der Waals surface area contributed by atoms with Crippen molar-refractivity contribution in [2.75, 3.05) is 13.2 Å². The monoisotopic (exact) mass is 1230 g/mol. The van der Waals surface area contributed by atoms with Gasteiger partial charge in [0.2, 0.25) is 5.91 Å². The molecule has 87 heavy (non-hydrogen) atoms. The Balaban J connectivity index is 2.57. The maximum Gasteiger partial charge on any atom is 0.306 e. The molecule has 8 atom stereocenters. The van der Waals surface area contributed by atoms with E-state index in [9.17, 15) is 35.1 Å². The summed E-state index contributed by atoms with van der Waals surface area (Å²) < 4.78 is 17.7. The molecule has 0 radical (unpaired) electrons. The molecule has 0 aliphatic carbocycles. The molecule has 508 valence electrons. The van der Waals surface area contributed by atoms with Crippen LogP contribution in [-0.2, 0) is 23.8 Å². The Morgan fingerprint density at radius 3 is 1.21 bits per heavy atom. The zero-order valence-electron chi connectivity index (χ0n) is 56.6. The summed E-state index contributed by atoms with van der Waals surface area (Å²) in [6.07, 6.45) is 71.2. The molecule has 0 aromatic rings. The van der Waals surface area contributed by atoms with Crippen molar-refractivity contribution in [3.63, 3.8) is 0 Å². The van der Waals surface area contributed by atoms with Crippen LogP contribution < -0.4 is 5.32 Å². The standard InChI is InChI=1S/C76H139NO10/c1-4-7-10-13-16-19-22-25-27-29-31-33-34-35-36-37-39-41-43-46-49-52-55-58-61-64-71(81)87-74-73(83)72(82)70(65-78)86-76(74)85-66-67(68(79)62-59-56-53-50-47-44-24-21-18-15-12-9-6-3)77-75(84)69(80)63-60-57-54-51-48-45-42-40-38-32-30-28-26-23-20-17-14-11-8-5-2/h17,20,26,28,32,38,42,45,59,62,67-70,72-74,76,78-80,82-83H,4-16,18-19,21-25,27,29-31,33-37,39-41,43-44,46-58,60-61,63-66H2,1-3H3,(H,77,84)/b20-17-,28-26-,38-32-,45-42-,62-59+. The Kier molecular flexibility index (Phi) is 60.1. The SMILES string of the molecule is CCCCC/C=C\C/C=C\C/C=C\C/C=C\CCCCCCC(O)C(=O)NC(COC1OC(CO)C(O)C(O)C1OC(=O)CCCCCCCCCCCCCCCCCCCCCCCCCCC)C(O)/C=C/CCCCCCCCCCCCC. The third-order valence-corrected chi connectivity index (χ3v) is 17.4. The van der Waals surface area contributed by atoms with E-state index in [1.807, 2.05) is 6.08 Å². The van der Waals surface area contributed by atoms with E-state index in [0.717, 1.165) is 83.5 Å². The van der Waals surface area contributed by atoms with E-state index in [4.69, 9.17) is 14.2 Å². The van der Waals surface area contributed by atoms with Gasteiger partial charge in [-0.05, 0) is 70.6 Å². The van der Waals surface area contributed by atoms with Gasteiger partial charge in [0.25, 0.3) is 0 Å². The van der Waals surface area contributed by atoms with Crippen LogP contribution in [0, 0.1) is 0 Å². The number of aliphatic hydroxyl groups is 5. The van der Waals surface area contributed by atoms with E-state index in [1.165, 1.54) is 218 Å². The van der Waals surface area contributed by atoms with E-state index in [1.54, 1.807) is 6.08 Å². The number of hydrogen-bond donors (Lipinski definition) is 6. The molecule has 0 aromatic heterocycles. The minimum absolute atomic E-state index is 0.124. The van der Waals surface area contributed by atoms with Gasteiger partial charge in [-0.3, -0.25) is 9.59 Å². The number of carbonyl (C=O) groups is 2. The molecule has 0 spiro atoms. The molecule has 1 aliphatic heterocycles.